The van der Waals surface area contributed by atoms with Crippen LogP contribution in [-0.2, 0) is 24.1 Å². The first-order valence-corrected chi connectivity index (χ1v) is 6.08. The van der Waals surface area contributed by atoms with E-state index < -0.39 is 12.0 Å². The van der Waals surface area contributed by atoms with Gasteiger partial charge in [0.2, 0.25) is 0 Å². The molecule has 7 heteroatoms. The highest BCUT2D eigenvalue weighted by Crippen LogP contribution is 2.28. The van der Waals surface area contributed by atoms with Gasteiger partial charge in [0.05, 0.1) is 22.9 Å². The van der Waals surface area contributed by atoms with Gasteiger partial charge in [0.15, 0.2) is 5.89 Å². The zero-order valence-electron chi connectivity index (χ0n) is 8.90. The van der Waals surface area contributed by atoms with Crippen molar-refractivity contribution in [3.63, 3.8) is 0 Å². The maximum atomic E-state index is 10.6. The number of oxazole rings is 1. The van der Waals surface area contributed by atoms with Crippen LogP contribution in [0.25, 0.3) is 0 Å². The lowest BCUT2D eigenvalue weighted by molar-refractivity contribution is -0.138. The molecular formula is C10H12Cl2N2O3. The Bertz CT molecular complexity index is 408. The number of carboxylic acids is 1. The molecule has 17 heavy (non-hydrogen) atoms. The Balaban J connectivity index is 2.13. The molecule has 1 aliphatic rings. The van der Waals surface area contributed by atoms with Crippen LogP contribution in [0, 0.1) is 0 Å². The Morgan fingerprint density at radius 1 is 1.53 bits per heavy atom. The first-order valence-electron chi connectivity index (χ1n) is 5.21. The van der Waals surface area contributed by atoms with E-state index in [4.69, 9.17) is 38.5 Å². The molecule has 1 heterocycles. The highest BCUT2D eigenvalue weighted by Gasteiger charge is 2.30. The molecule has 0 aromatic carbocycles. The smallest absolute Gasteiger partial charge is 0.321 e. The van der Waals surface area contributed by atoms with Crippen molar-refractivity contribution in [3.8, 4) is 0 Å². The van der Waals surface area contributed by atoms with Gasteiger partial charge in [0.25, 0.3) is 0 Å². The van der Waals surface area contributed by atoms with Crippen LogP contribution in [0.5, 0.6) is 0 Å². The Morgan fingerprint density at radius 2 is 2.18 bits per heavy atom. The van der Waals surface area contributed by atoms with Gasteiger partial charge in [-0.15, -0.1) is 23.2 Å². The van der Waals surface area contributed by atoms with E-state index in [9.17, 15) is 4.79 Å². The van der Waals surface area contributed by atoms with Crippen molar-refractivity contribution < 1.29 is 14.3 Å². The van der Waals surface area contributed by atoms with E-state index in [0.717, 1.165) is 5.69 Å². The summed E-state index contributed by atoms with van der Waals surface area (Å²) in [5.74, 6) is -0.0550. The topological polar surface area (TPSA) is 89.4 Å². The standard InChI is InChI=1S/C10H12Cl2N2O3/c11-4-1-7-8(2-5(4)12)17-9(14-7)3-6(13)10(15)16/h4-6H,1-3,13H2,(H,15,16)/t4?,5?,6-/m1/s1. The summed E-state index contributed by atoms with van der Waals surface area (Å²) in [6, 6.07) is -1.01. The van der Waals surface area contributed by atoms with E-state index in [1.165, 1.54) is 0 Å². The van der Waals surface area contributed by atoms with E-state index in [1.54, 1.807) is 0 Å². The molecule has 94 valence electrons. The first-order chi connectivity index (χ1) is 7.97. The minimum Gasteiger partial charge on any atom is -0.480 e. The predicted molar refractivity (Wildman–Crippen MR) is 62.5 cm³/mol. The number of fused-ring (bicyclic) bond motifs is 1. The molecule has 5 nitrogen and oxygen atoms in total. The lowest BCUT2D eigenvalue weighted by Gasteiger charge is -2.19. The van der Waals surface area contributed by atoms with Crippen LogP contribution in [0.3, 0.4) is 0 Å². The van der Waals surface area contributed by atoms with Crippen LogP contribution in [0.1, 0.15) is 17.3 Å². The number of halogens is 2. The number of rotatable bonds is 3. The lowest BCUT2D eigenvalue weighted by Crippen LogP contribution is -2.32. The van der Waals surface area contributed by atoms with Gasteiger partial charge in [-0.05, 0) is 0 Å². The number of aliphatic carboxylic acids is 1. The Morgan fingerprint density at radius 3 is 2.82 bits per heavy atom. The van der Waals surface area contributed by atoms with E-state index in [1.807, 2.05) is 0 Å². The summed E-state index contributed by atoms with van der Waals surface area (Å²) in [6.07, 6.45) is 1.12. The molecule has 0 fully saturated rings. The molecule has 0 amide bonds. The zero-order chi connectivity index (χ0) is 12.6. The molecule has 0 bridgehead atoms. The van der Waals surface area contributed by atoms with E-state index in [2.05, 4.69) is 4.98 Å². The Hall–Kier alpha value is -0.780. The average molecular weight is 279 g/mol. The Kier molecular flexibility index (Phi) is 3.61. The quantitative estimate of drug-likeness (QED) is 0.804. The molecule has 1 aromatic heterocycles. The second-order valence-corrected chi connectivity index (χ2v) is 5.19. The summed E-state index contributed by atoms with van der Waals surface area (Å²) in [7, 11) is 0. The molecule has 0 radical (unpaired) electrons. The van der Waals surface area contributed by atoms with E-state index in [0.29, 0.717) is 24.5 Å². The van der Waals surface area contributed by atoms with E-state index in [-0.39, 0.29) is 17.2 Å². The van der Waals surface area contributed by atoms with Crippen LogP contribution < -0.4 is 5.73 Å². The van der Waals surface area contributed by atoms with Gasteiger partial charge in [-0.25, -0.2) is 4.98 Å². The maximum absolute atomic E-state index is 10.6. The molecule has 3 atom stereocenters. The third-order valence-corrected chi connectivity index (χ3v) is 3.74. The zero-order valence-corrected chi connectivity index (χ0v) is 10.4. The van der Waals surface area contributed by atoms with Crippen molar-refractivity contribution in [1.29, 1.82) is 0 Å². The molecule has 1 aliphatic carbocycles. The summed E-state index contributed by atoms with van der Waals surface area (Å²) in [6.45, 7) is 0. The largest absolute Gasteiger partial charge is 0.480 e. The average Bonchev–Trinajstić information content (AvgIpc) is 2.60. The van der Waals surface area contributed by atoms with E-state index >= 15 is 0 Å². The van der Waals surface area contributed by atoms with Crippen molar-refractivity contribution in [2.75, 3.05) is 0 Å². The van der Waals surface area contributed by atoms with Crippen molar-refractivity contribution in [2.45, 2.75) is 36.1 Å². The van der Waals surface area contributed by atoms with Crippen LogP contribution in [-0.4, -0.2) is 32.9 Å². The minimum atomic E-state index is -1.08. The number of nitrogens with zero attached hydrogens (tertiary/aromatic N) is 1. The first kappa shape index (κ1) is 12.7. The fourth-order valence-corrected chi connectivity index (χ4v) is 2.20. The third-order valence-electron chi connectivity index (χ3n) is 2.70. The summed E-state index contributed by atoms with van der Waals surface area (Å²) in [5, 5.41) is 8.34. The number of carbonyl (C=O) groups is 1. The van der Waals surface area contributed by atoms with Crippen molar-refractivity contribution in [2.24, 2.45) is 5.73 Å². The number of alkyl halides is 2. The summed E-state index contributed by atoms with van der Waals surface area (Å²) in [5.41, 5.74) is 6.17. The van der Waals surface area contributed by atoms with Gasteiger partial charge in [-0.2, -0.15) is 0 Å². The van der Waals surface area contributed by atoms with Gasteiger partial charge < -0.3 is 15.3 Å². The van der Waals surface area contributed by atoms with Crippen LogP contribution in [0.15, 0.2) is 4.42 Å². The fourth-order valence-electron chi connectivity index (χ4n) is 1.74. The molecular weight excluding hydrogens is 267 g/mol. The van der Waals surface area contributed by atoms with Gasteiger partial charge >= 0.3 is 5.97 Å². The van der Waals surface area contributed by atoms with Crippen LogP contribution in [0.2, 0.25) is 0 Å². The van der Waals surface area contributed by atoms with Crippen LogP contribution >= 0.6 is 23.2 Å². The molecule has 0 spiro atoms. The van der Waals surface area contributed by atoms with Crippen molar-refractivity contribution in [1.82, 2.24) is 4.98 Å². The van der Waals surface area contributed by atoms with Crippen molar-refractivity contribution >= 4 is 29.2 Å². The van der Waals surface area contributed by atoms with Gasteiger partial charge in [0.1, 0.15) is 11.8 Å². The van der Waals surface area contributed by atoms with Gasteiger partial charge in [-0.1, -0.05) is 0 Å². The predicted octanol–water partition coefficient (Wildman–Crippen LogP) is 0.942. The molecule has 0 aliphatic heterocycles. The fraction of sp³-hybridized carbons (Fsp3) is 0.600. The normalized spacial score (nSPS) is 25.4. The molecule has 2 unspecified atom stereocenters. The number of hydrogen-bond donors (Lipinski definition) is 2. The van der Waals surface area contributed by atoms with Gasteiger partial charge in [-0.3, -0.25) is 4.79 Å². The second-order valence-electron chi connectivity index (χ2n) is 4.07. The lowest BCUT2D eigenvalue weighted by atomic mass is 10.0. The Labute approximate surface area is 108 Å². The number of aromatic nitrogens is 1. The van der Waals surface area contributed by atoms with Gasteiger partial charge in [0, 0.05) is 12.8 Å². The molecule has 3 N–H and O–H groups in total. The number of nitrogens with two attached hydrogens (primary N) is 1. The summed E-state index contributed by atoms with van der Waals surface area (Å²) >= 11 is 12.0. The number of carboxylic acid groups (broad SMARTS) is 1. The highest BCUT2D eigenvalue weighted by atomic mass is 35.5. The molecule has 0 saturated carbocycles. The minimum absolute atomic E-state index is 0.0717. The second kappa shape index (κ2) is 4.84. The maximum Gasteiger partial charge on any atom is 0.321 e. The summed E-state index contributed by atoms with van der Waals surface area (Å²) < 4.78 is 5.45. The molecule has 0 saturated heterocycles. The van der Waals surface area contributed by atoms with Crippen molar-refractivity contribution in [3.05, 3.63) is 17.3 Å². The molecule has 2 rings (SSSR count). The SMILES string of the molecule is N[C@H](Cc1nc2c(o1)CC(Cl)C(Cl)C2)C(=O)O. The highest BCUT2D eigenvalue weighted by molar-refractivity contribution is 6.30. The summed E-state index contributed by atoms with van der Waals surface area (Å²) in [4.78, 5) is 14.8. The van der Waals surface area contributed by atoms with Crippen LogP contribution in [0.4, 0.5) is 0 Å². The number of hydrogen-bond acceptors (Lipinski definition) is 4. The monoisotopic (exact) mass is 278 g/mol. The molecule has 1 aromatic rings. The third kappa shape index (κ3) is 2.73.